The Labute approximate surface area is 129 Å². The first kappa shape index (κ1) is 14.4. The number of nitrogens with zero attached hydrogens (tertiary/aromatic N) is 1. The highest BCUT2D eigenvalue weighted by Gasteiger charge is 2.15. The van der Waals surface area contributed by atoms with Crippen LogP contribution in [-0.2, 0) is 6.42 Å². The first-order valence-electron chi connectivity index (χ1n) is 7.34. The Bertz CT molecular complexity index is 612. The van der Waals surface area contributed by atoms with E-state index in [2.05, 4.69) is 24.5 Å². The molecule has 1 aliphatic rings. The summed E-state index contributed by atoms with van der Waals surface area (Å²) in [5.41, 5.74) is 2.09. The number of hydrogen-bond donors (Lipinski definition) is 1. The lowest BCUT2D eigenvalue weighted by molar-refractivity contribution is 0.174. The van der Waals surface area contributed by atoms with E-state index in [0.29, 0.717) is 12.8 Å². The van der Waals surface area contributed by atoms with Gasteiger partial charge in [0, 0.05) is 30.0 Å². The molecule has 4 nitrogen and oxygen atoms in total. The largest absolute Gasteiger partial charge is 0.454 e. The zero-order valence-electron chi connectivity index (χ0n) is 12.4. The van der Waals surface area contributed by atoms with Crippen LogP contribution < -0.4 is 14.8 Å². The minimum absolute atomic E-state index is 0.308. The maximum Gasteiger partial charge on any atom is 0.231 e. The van der Waals surface area contributed by atoms with Crippen molar-refractivity contribution in [2.45, 2.75) is 32.7 Å². The molecule has 0 spiro atoms. The van der Waals surface area contributed by atoms with Crippen molar-refractivity contribution in [2.24, 2.45) is 0 Å². The number of rotatable bonds is 6. The molecule has 1 N–H and O–H groups in total. The van der Waals surface area contributed by atoms with Crippen molar-refractivity contribution in [1.29, 1.82) is 0 Å². The lowest BCUT2D eigenvalue weighted by Gasteiger charge is -2.09. The van der Waals surface area contributed by atoms with Crippen LogP contribution in [0.3, 0.4) is 0 Å². The summed E-state index contributed by atoms with van der Waals surface area (Å²) < 4.78 is 10.7. The Morgan fingerprint density at radius 1 is 1.33 bits per heavy atom. The van der Waals surface area contributed by atoms with Crippen LogP contribution >= 0.6 is 11.3 Å². The predicted molar refractivity (Wildman–Crippen MR) is 85.1 cm³/mol. The Hall–Kier alpha value is -1.59. The highest BCUT2D eigenvalue weighted by atomic mass is 32.1. The van der Waals surface area contributed by atoms with Gasteiger partial charge >= 0.3 is 0 Å². The van der Waals surface area contributed by atoms with Gasteiger partial charge in [0.2, 0.25) is 6.79 Å². The minimum atomic E-state index is 0.308. The second-order valence-corrected chi connectivity index (χ2v) is 6.15. The van der Waals surface area contributed by atoms with Crippen molar-refractivity contribution in [3.8, 4) is 22.8 Å². The smallest absolute Gasteiger partial charge is 0.231 e. The van der Waals surface area contributed by atoms with E-state index < -0.39 is 0 Å². The van der Waals surface area contributed by atoms with E-state index in [4.69, 9.17) is 14.5 Å². The second kappa shape index (κ2) is 6.45. The Morgan fingerprint density at radius 2 is 2.19 bits per heavy atom. The second-order valence-electron chi connectivity index (χ2n) is 5.21. The lowest BCUT2D eigenvalue weighted by Crippen LogP contribution is -2.27. The van der Waals surface area contributed by atoms with Crippen LogP contribution in [0.25, 0.3) is 11.3 Å². The van der Waals surface area contributed by atoms with E-state index in [0.717, 1.165) is 42.1 Å². The molecular formula is C16H20N2O2S. The highest BCUT2D eigenvalue weighted by molar-refractivity contribution is 7.09. The molecule has 0 saturated heterocycles. The minimum Gasteiger partial charge on any atom is -0.454 e. The Kier molecular flexibility index (Phi) is 4.41. The maximum absolute atomic E-state index is 5.41. The molecular weight excluding hydrogens is 284 g/mol. The number of nitrogens with one attached hydrogen (secondary N) is 1. The van der Waals surface area contributed by atoms with Gasteiger partial charge in [-0.2, -0.15) is 0 Å². The van der Waals surface area contributed by atoms with Crippen molar-refractivity contribution in [2.75, 3.05) is 13.3 Å². The normalized spacial score (nSPS) is 14.4. The molecule has 0 aliphatic carbocycles. The van der Waals surface area contributed by atoms with Crippen molar-refractivity contribution in [1.82, 2.24) is 10.3 Å². The number of aromatic nitrogens is 1. The van der Waals surface area contributed by atoms with E-state index >= 15 is 0 Å². The SMILES string of the molecule is CCC(C)NCCc1nc(-c2ccc3c(c2)OCO3)cs1. The summed E-state index contributed by atoms with van der Waals surface area (Å²) in [7, 11) is 0. The molecule has 2 heterocycles. The summed E-state index contributed by atoms with van der Waals surface area (Å²) in [6.45, 7) is 5.68. The fraction of sp³-hybridized carbons (Fsp3) is 0.438. The van der Waals surface area contributed by atoms with E-state index in [-0.39, 0.29) is 0 Å². The lowest BCUT2D eigenvalue weighted by atomic mass is 10.1. The average molecular weight is 304 g/mol. The van der Waals surface area contributed by atoms with Gasteiger partial charge in [-0.1, -0.05) is 6.92 Å². The van der Waals surface area contributed by atoms with Crippen molar-refractivity contribution in [3.05, 3.63) is 28.6 Å². The highest BCUT2D eigenvalue weighted by Crippen LogP contribution is 2.36. The monoisotopic (exact) mass is 304 g/mol. The quantitative estimate of drug-likeness (QED) is 0.887. The first-order valence-corrected chi connectivity index (χ1v) is 8.22. The maximum atomic E-state index is 5.41. The van der Waals surface area contributed by atoms with Gasteiger partial charge in [-0.3, -0.25) is 0 Å². The van der Waals surface area contributed by atoms with Gasteiger partial charge in [0.05, 0.1) is 10.7 Å². The average Bonchev–Trinajstić information content (AvgIpc) is 3.15. The molecule has 1 aromatic carbocycles. The molecule has 112 valence electrons. The third-order valence-corrected chi connectivity index (χ3v) is 4.57. The zero-order chi connectivity index (χ0) is 14.7. The fourth-order valence-corrected chi connectivity index (χ4v) is 2.99. The van der Waals surface area contributed by atoms with Crippen LogP contribution in [0.5, 0.6) is 11.5 Å². The fourth-order valence-electron chi connectivity index (χ4n) is 2.18. The summed E-state index contributed by atoms with van der Waals surface area (Å²) in [4.78, 5) is 4.71. The van der Waals surface area contributed by atoms with Gasteiger partial charge < -0.3 is 14.8 Å². The predicted octanol–water partition coefficient (Wildman–Crippen LogP) is 3.47. The molecule has 5 heteroatoms. The third-order valence-electron chi connectivity index (χ3n) is 3.66. The van der Waals surface area contributed by atoms with Crippen LogP contribution in [0.15, 0.2) is 23.6 Å². The third kappa shape index (κ3) is 3.36. The molecule has 1 aliphatic heterocycles. The first-order chi connectivity index (χ1) is 10.3. The topological polar surface area (TPSA) is 43.4 Å². The number of benzene rings is 1. The van der Waals surface area contributed by atoms with Crippen LogP contribution in [0.2, 0.25) is 0 Å². The van der Waals surface area contributed by atoms with Gasteiger partial charge in [-0.15, -0.1) is 11.3 Å². The van der Waals surface area contributed by atoms with Gasteiger partial charge in [0.25, 0.3) is 0 Å². The van der Waals surface area contributed by atoms with E-state index in [1.807, 2.05) is 18.2 Å². The van der Waals surface area contributed by atoms with Crippen LogP contribution in [0, 0.1) is 0 Å². The molecule has 0 saturated carbocycles. The standard InChI is InChI=1S/C16H20N2O2S/c1-3-11(2)17-7-6-16-18-13(9-21-16)12-4-5-14-15(8-12)20-10-19-14/h4-5,8-9,11,17H,3,6-7,10H2,1-2H3. The molecule has 2 aromatic rings. The van der Waals surface area contributed by atoms with Crippen molar-refractivity contribution in [3.63, 3.8) is 0 Å². The summed E-state index contributed by atoms with van der Waals surface area (Å²) in [5, 5.41) is 6.77. The molecule has 1 atom stereocenters. The number of hydrogen-bond acceptors (Lipinski definition) is 5. The molecule has 0 radical (unpaired) electrons. The molecule has 21 heavy (non-hydrogen) atoms. The molecule has 0 fully saturated rings. The van der Waals surface area contributed by atoms with Gasteiger partial charge in [0.15, 0.2) is 11.5 Å². The van der Waals surface area contributed by atoms with Gasteiger partial charge in [-0.25, -0.2) is 4.98 Å². The van der Waals surface area contributed by atoms with Crippen LogP contribution in [0.1, 0.15) is 25.3 Å². The summed E-state index contributed by atoms with van der Waals surface area (Å²) in [5.74, 6) is 1.62. The Morgan fingerprint density at radius 3 is 3.05 bits per heavy atom. The number of fused-ring (bicyclic) bond motifs is 1. The van der Waals surface area contributed by atoms with Gasteiger partial charge in [0.1, 0.15) is 0 Å². The van der Waals surface area contributed by atoms with Crippen molar-refractivity contribution >= 4 is 11.3 Å². The summed E-state index contributed by atoms with van der Waals surface area (Å²) >= 11 is 1.71. The van der Waals surface area contributed by atoms with E-state index in [1.165, 1.54) is 5.01 Å². The molecule has 3 rings (SSSR count). The number of thiazole rings is 1. The molecule has 1 aromatic heterocycles. The Balaban J connectivity index is 1.64. The summed E-state index contributed by atoms with van der Waals surface area (Å²) in [6, 6.07) is 6.54. The molecule has 0 amide bonds. The zero-order valence-corrected chi connectivity index (χ0v) is 13.2. The van der Waals surface area contributed by atoms with Crippen LogP contribution in [-0.4, -0.2) is 24.4 Å². The van der Waals surface area contributed by atoms with Crippen LogP contribution in [0.4, 0.5) is 0 Å². The molecule has 1 unspecified atom stereocenters. The summed E-state index contributed by atoms with van der Waals surface area (Å²) in [6.07, 6.45) is 2.12. The van der Waals surface area contributed by atoms with E-state index in [9.17, 15) is 0 Å². The van der Waals surface area contributed by atoms with E-state index in [1.54, 1.807) is 11.3 Å². The number of ether oxygens (including phenoxy) is 2. The van der Waals surface area contributed by atoms with Gasteiger partial charge in [-0.05, 0) is 31.5 Å². The van der Waals surface area contributed by atoms with Crippen molar-refractivity contribution < 1.29 is 9.47 Å². The molecule has 0 bridgehead atoms.